The molecule has 1 aliphatic heterocycles. The Kier molecular flexibility index (Phi) is 4.90. The predicted molar refractivity (Wildman–Crippen MR) is 73.4 cm³/mol. The summed E-state index contributed by atoms with van der Waals surface area (Å²) in [5, 5.41) is 8.78. The Hall–Kier alpha value is -2.39. The molecule has 0 bridgehead atoms. The molecule has 0 N–H and O–H groups in total. The second-order valence-corrected chi connectivity index (χ2v) is 4.79. The quantitative estimate of drug-likeness (QED) is 0.774. The number of amides is 1. The van der Waals surface area contributed by atoms with Crippen molar-refractivity contribution >= 4 is 11.9 Å². The third-order valence-electron chi connectivity index (χ3n) is 3.15. The average molecular weight is 288 g/mol. The fraction of sp³-hybridized carbons (Fsp3) is 0.400. The fourth-order valence-corrected chi connectivity index (χ4v) is 2.06. The number of nitrogens with zero attached hydrogens (tertiary/aromatic N) is 2. The third kappa shape index (κ3) is 4.04. The van der Waals surface area contributed by atoms with Gasteiger partial charge in [0.2, 0.25) is 0 Å². The number of rotatable bonds is 3. The van der Waals surface area contributed by atoms with Gasteiger partial charge in [0.1, 0.15) is 0 Å². The maximum Gasteiger partial charge on any atom is 0.338 e. The molecule has 0 spiro atoms. The first kappa shape index (κ1) is 15.0. The second-order valence-electron chi connectivity index (χ2n) is 4.79. The zero-order valence-electron chi connectivity index (χ0n) is 11.7. The minimum absolute atomic E-state index is 0.00860. The largest absolute Gasteiger partial charge is 0.452 e. The lowest BCUT2D eigenvalue weighted by Crippen LogP contribution is -2.46. The summed E-state index contributed by atoms with van der Waals surface area (Å²) in [4.78, 5) is 25.4. The molecule has 1 unspecified atom stereocenters. The maximum atomic E-state index is 11.9. The highest BCUT2D eigenvalue weighted by molar-refractivity contribution is 5.91. The highest BCUT2D eigenvalue weighted by Crippen LogP contribution is 2.08. The van der Waals surface area contributed by atoms with Crippen molar-refractivity contribution in [1.82, 2.24) is 4.90 Å². The van der Waals surface area contributed by atoms with E-state index in [0.717, 1.165) is 0 Å². The lowest BCUT2D eigenvalue weighted by Gasteiger charge is -2.30. The second kappa shape index (κ2) is 6.86. The number of ether oxygens (including phenoxy) is 2. The Labute approximate surface area is 122 Å². The van der Waals surface area contributed by atoms with E-state index in [1.165, 1.54) is 6.07 Å². The Morgan fingerprint density at radius 1 is 1.52 bits per heavy atom. The summed E-state index contributed by atoms with van der Waals surface area (Å²) < 4.78 is 10.3. The normalized spacial score (nSPS) is 17.9. The molecule has 6 heteroatoms. The maximum absolute atomic E-state index is 11.9. The van der Waals surface area contributed by atoms with E-state index in [0.29, 0.717) is 25.3 Å². The standard InChI is InChI=1S/C15H16N2O4/c1-11-9-17(5-6-20-11)14(18)10-21-15(19)13-4-2-3-12(7-13)8-16/h2-4,7,11H,5-6,9-10H2,1H3. The van der Waals surface area contributed by atoms with Crippen LogP contribution in [0.15, 0.2) is 24.3 Å². The van der Waals surface area contributed by atoms with E-state index in [4.69, 9.17) is 14.7 Å². The van der Waals surface area contributed by atoms with Crippen LogP contribution in [0.25, 0.3) is 0 Å². The highest BCUT2D eigenvalue weighted by Gasteiger charge is 2.22. The molecule has 2 rings (SSSR count). The predicted octanol–water partition coefficient (Wildman–Crippen LogP) is 0.962. The molecule has 0 aliphatic carbocycles. The Balaban J connectivity index is 1.88. The van der Waals surface area contributed by atoms with E-state index in [-0.39, 0.29) is 24.2 Å². The molecule has 1 aliphatic rings. The molecule has 1 aromatic rings. The highest BCUT2D eigenvalue weighted by atomic mass is 16.5. The van der Waals surface area contributed by atoms with Gasteiger partial charge in [0.25, 0.3) is 5.91 Å². The number of morpholine rings is 1. The van der Waals surface area contributed by atoms with Gasteiger partial charge in [-0.25, -0.2) is 4.79 Å². The topological polar surface area (TPSA) is 79.6 Å². The first-order chi connectivity index (χ1) is 10.1. The molecular formula is C15H16N2O4. The fourth-order valence-electron chi connectivity index (χ4n) is 2.06. The van der Waals surface area contributed by atoms with Gasteiger partial charge >= 0.3 is 5.97 Å². The first-order valence-corrected chi connectivity index (χ1v) is 6.67. The van der Waals surface area contributed by atoms with Crippen molar-refractivity contribution in [2.75, 3.05) is 26.3 Å². The zero-order chi connectivity index (χ0) is 15.2. The van der Waals surface area contributed by atoms with Crippen molar-refractivity contribution in [3.05, 3.63) is 35.4 Å². The minimum atomic E-state index is -0.609. The van der Waals surface area contributed by atoms with Gasteiger partial charge in [-0.15, -0.1) is 0 Å². The summed E-state index contributed by atoms with van der Waals surface area (Å²) in [5.41, 5.74) is 0.634. The summed E-state index contributed by atoms with van der Waals surface area (Å²) in [6.07, 6.45) is -0.00860. The SMILES string of the molecule is CC1CN(C(=O)COC(=O)c2cccc(C#N)c2)CCO1. The van der Waals surface area contributed by atoms with Crippen molar-refractivity contribution in [3.63, 3.8) is 0 Å². The first-order valence-electron chi connectivity index (χ1n) is 6.67. The molecule has 1 saturated heterocycles. The number of esters is 1. The van der Waals surface area contributed by atoms with Crippen molar-refractivity contribution in [3.8, 4) is 6.07 Å². The van der Waals surface area contributed by atoms with Crippen LogP contribution in [0.2, 0.25) is 0 Å². The number of carbonyl (C=O) groups excluding carboxylic acids is 2. The zero-order valence-corrected chi connectivity index (χ0v) is 11.7. The van der Waals surface area contributed by atoms with Crippen molar-refractivity contribution in [2.24, 2.45) is 0 Å². The lowest BCUT2D eigenvalue weighted by atomic mass is 10.1. The van der Waals surface area contributed by atoms with Crippen LogP contribution in [0.3, 0.4) is 0 Å². The monoisotopic (exact) mass is 288 g/mol. The Morgan fingerprint density at radius 3 is 3.05 bits per heavy atom. The van der Waals surface area contributed by atoms with Gasteiger partial charge in [0.15, 0.2) is 6.61 Å². The van der Waals surface area contributed by atoms with E-state index >= 15 is 0 Å². The molecular weight excluding hydrogens is 272 g/mol. The summed E-state index contributed by atoms with van der Waals surface area (Å²) in [6, 6.07) is 8.12. The third-order valence-corrected chi connectivity index (χ3v) is 3.15. The number of benzene rings is 1. The van der Waals surface area contributed by atoms with E-state index in [9.17, 15) is 9.59 Å². The van der Waals surface area contributed by atoms with Crippen LogP contribution < -0.4 is 0 Å². The van der Waals surface area contributed by atoms with Crippen LogP contribution in [0.5, 0.6) is 0 Å². The summed E-state index contributed by atoms with van der Waals surface area (Å²) in [7, 11) is 0. The number of nitriles is 1. The molecule has 21 heavy (non-hydrogen) atoms. The molecule has 1 atom stereocenters. The van der Waals surface area contributed by atoms with Gasteiger partial charge in [-0.05, 0) is 25.1 Å². The van der Waals surface area contributed by atoms with Crippen LogP contribution in [0, 0.1) is 11.3 Å². The number of hydrogen-bond donors (Lipinski definition) is 0. The molecule has 1 heterocycles. The van der Waals surface area contributed by atoms with Crippen LogP contribution in [0.4, 0.5) is 0 Å². The van der Waals surface area contributed by atoms with Gasteiger partial charge in [0.05, 0.1) is 29.9 Å². The van der Waals surface area contributed by atoms with Crippen LogP contribution in [-0.4, -0.2) is 49.2 Å². The molecule has 1 aromatic carbocycles. The summed E-state index contributed by atoms with van der Waals surface area (Å²) in [6.45, 7) is 3.08. The lowest BCUT2D eigenvalue weighted by molar-refractivity contribution is -0.141. The Bertz CT molecular complexity index is 579. The summed E-state index contributed by atoms with van der Waals surface area (Å²) in [5.74, 6) is -0.850. The van der Waals surface area contributed by atoms with Crippen molar-refractivity contribution in [1.29, 1.82) is 5.26 Å². The molecule has 0 radical (unpaired) electrons. The molecule has 0 saturated carbocycles. The van der Waals surface area contributed by atoms with Crippen LogP contribution >= 0.6 is 0 Å². The minimum Gasteiger partial charge on any atom is -0.452 e. The van der Waals surface area contributed by atoms with Gasteiger partial charge < -0.3 is 14.4 Å². The average Bonchev–Trinajstić information content (AvgIpc) is 2.52. The summed E-state index contributed by atoms with van der Waals surface area (Å²) >= 11 is 0. The van der Waals surface area contributed by atoms with E-state index in [1.54, 1.807) is 23.1 Å². The molecule has 1 amide bonds. The Morgan fingerprint density at radius 2 is 2.33 bits per heavy atom. The molecule has 1 fully saturated rings. The number of carbonyl (C=O) groups is 2. The van der Waals surface area contributed by atoms with Crippen molar-refractivity contribution < 1.29 is 19.1 Å². The van der Waals surface area contributed by atoms with E-state index in [1.807, 2.05) is 13.0 Å². The van der Waals surface area contributed by atoms with Gasteiger partial charge in [-0.2, -0.15) is 5.26 Å². The van der Waals surface area contributed by atoms with Gasteiger partial charge in [0, 0.05) is 13.1 Å². The van der Waals surface area contributed by atoms with Crippen LogP contribution in [0.1, 0.15) is 22.8 Å². The molecule has 6 nitrogen and oxygen atoms in total. The smallest absolute Gasteiger partial charge is 0.338 e. The van der Waals surface area contributed by atoms with Gasteiger partial charge in [-0.3, -0.25) is 4.79 Å². The molecule has 0 aromatic heterocycles. The van der Waals surface area contributed by atoms with E-state index < -0.39 is 5.97 Å². The van der Waals surface area contributed by atoms with Crippen molar-refractivity contribution in [2.45, 2.75) is 13.0 Å². The number of hydrogen-bond acceptors (Lipinski definition) is 5. The molecule has 110 valence electrons. The van der Waals surface area contributed by atoms with Crippen LogP contribution in [-0.2, 0) is 14.3 Å². The van der Waals surface area contributed by atoms with Gasteiger partial charge in [-0.1, -0.05) is 6.07 Å². The van der Waals surface area contributed by atoms with E-state index in [2.05, 4.69) is 0 Å².